The number of phenols is 1. The van der Waals surface area contributed by atoms with Crippen LogP contribution < -0.4 is 5.32 Å². The van der Waals surface area contributed by atoms with E-state index in [0.717, 1.165) is 16.3 Å². The highest BCUT2D eigenvalue weighted by molar-refractivity contribution is 7.13. The van der Waals surface area contributed by atoms with Crippen LogP contribution in [0, 0.1) is 0 Å². The van der Waals surface area contributed by atoms with Gasteiger partial charge in [0.2, 0.25) is 0 Å². The van der Waals surface area contributed by atoms with E-state index in [1.54, 1.807) is 11.4 Å². The van der Waals surface area contributed by atoms with Gasteiger partial charge in [-0.1, -0.05) is 30.3 Å². The highest BCUT2D eigenvalue weighted by Gasteiger charge is 2.09. The molecular formula is C16H14N2O3S. The van der Waals surface area contributed by atoms with Crippen LogP contribution in [0.25, 0.3) is 10.8 Å². The number of phenolic OH excluding ortho intramolecular Hbond substituents is 1. The molecule has 0 bridgehead atoms. The maximum absolute atomic E-state index is 10.7. The second kappa shape index (κ2) is 6.03. The van der Waals surface area contributed by atoms with Crippen LogP contribution in [-0.4, -0.2) is 21.2 Å². The van der Waals surface area contributed by atoms with Gasteiger partial charge in [-0.3, -0.25) is 4.79 Å². The minimum absolute atomic E-state index is 0.0856. The maximum atomic E-state index is 10.7. The SMILES string of the molecule is O=C(O)Cc1csc(NCc2c(O)ccc3ccccc23)n1. The molecule has 0 amide bonds. The standard InChI is InChI=1S/C16H14N2O3S/c19-14-6-5-10-3-1-2-4-12(10)13(14)8-17-16-18-11(9-22-16)7-15(20)21/h1-6,9,19H,7-8H2,(H,17,18)(H,20,21). The number of hydrogen-bond donors (Lipinski definition) is 3. The third-order valence-electron chi connectivity index (χ3n) is 3.32. The fourth-order valence-corrected chi connectivity index (χ4v) is 3.01. The summed E-state index contributed by atoms with van der Waals surface area (Å²) in [6.07, 6.45) is -0.0856. The minimum Gasteiger partial charge on any atom is -0.508 e. The molecule has 2 aromatic carbocycles. The van der Waals surface area contributed by atoms with E-state index in [1.165, 1.54) is 11.3 Å². The van der Waals surface area contributed by atoms with E-state index < -0.39 is 5.97 Å². The lowest BCUT2D eigenvalue weighted by Gasteiger charge is -2.09. The molecule has 0 spiro atoms. The van der Waals surface area contributed by atoms with Crippen LogP contribution in [0.1, 0.15) is 11.3 Å². The fraction of sp³-hybridized carbons (Fsp3) is 0.125. The molecule has 112 valence electrons. The number of thiazole rings is 1. The molecule has 3 rings (SSSR count). The Morgan fingerprint density at radius 3 is 2.86 bits per heavy atom. The normalized spacial score (nSPS) is 10.7. The van der Waals surface area contributed by atoms with Crippen molar-refractivity contribution < 1.29 is 15.0 Å². The van der Waals surface area contributed by atoms with E-state index in [-0.39, 0.29) is 12.2 Å². The van der Waals surface area contributed by atoms with Crippen molar-refractivity contribution in [1.82, 2.24) is 4.98 Å². The summed E-state index contributed by atoms with van der Waals surface area (Å²) in [5, 5.41) is 26.4. The summed E-state index contributed by atoms with van der Waals surface area (Å²) in [7, 11) is 0. The number of carboxylic acids is 1. The molecule has 0 radical (unpaired) electrons. The predicted molar refractivity (Wildman–Crippen MR) is 86.4 cm³/mol. The van der Waals surface area contributed by atoms with Crippen LogP contribution in [0.3, 0.4) is 0 Å². The van der Waals surface area contributed by atoms with Gasteiger partial charge in [0.1, 0.15) is 5.75 Å². The topological polar surface area (TPSA) is 82.5 Å². The predicted octanol–water partition coefficient (Wildman–Crippen LogP) is 3.24. The maximum Gasteiger partial charge on any atom is 0.309 e. The first-order chi connectivity index (χ1) is 10.6. The Kier molecular flexibility index (Phi) is 3.93. The highest BCUT2D eigenvalue weighted by Crippen LogP contribution is 2.28. The van der Waals surface area contributed by atoms with E-state index in [4.69, 9.17) is 5.11 Å². The lowest BCUT2D eigenvalue weighted by atomic mass is 10.0. The lowest BCUT2D eigenvalue weighted by molar-refractivity contribution is -0.136. The van der Waals surface area contributed by atoms with Crippen LogP contribution in [0.4, 0.5) is 5.13 Å². The van der Waals surface area contributed by atoms with Crippen molar-refractivity contribution in [3.05, 3.63) is 53.0 Å². The Labute approximate surface area is 130 Å². The van der Waals surface area contributed by atoms with Gasteiger partial charge in [-0.15, -0.1) is 11.3 Å². The zero-order valence-corrected chi connectivity index (χ0v) is 12.4. The molecule has 0 fully saturated rings. The van der Waals surface area contributed by atoms with Gasteiger partial charge in [-0.25, -0.2) is 4.98 Å². The Balaban J connectivity index is 1.80. The Morgan fingerprint density at radius 2 is 2.05 bits per heavy atom. The smallest absolute Gasteiger partial charge is 0.309 e. The molecule has 5 nitrogen and oxygen atoms in total. The molecule has 6 heteroatoms. The summed E-state index contributed by atoms with van der Waals surface area (Å²) in [5.41, 5.74) is 1.33. The first-order valence-corrected chi connectivity index (χ1v) is 7.61. The third-order valence-corrected chi connectivity index (χ3v) is 4.17. The van der Waals surface area contributed by atoms with Gasteiger partial charge in [-0.2, -0.15) is 0 Å². The summed E-state index contributed by atoms with van der Waals surface area (Å²) in [6, 6.07) is 11.4. The van der Waals surface area contributed by atoms with E-state index in [0.29, 0.717) is 17.4 Å². The van der Waals surface area contributed by atoms with E-state index in [1.807, 2.05) is 30.3 Å². The summed E-state index contributed by atoms with van der Waals surface area (Å²) in [4.78, 5) is 14.9. The Hall–Kier alpha value is -2.60. The highest BCUT2D eigenvalue weighted by atomic mass is 32.1. The molecule has 1 aromatic heterocycles. The third kappa shape index (κ3) is 3.01. The van der Waals surface area contributed by atoms with Crippen molar-refractivity contribution in [1.29, 1.82) is 0 Å². The van der Waals surface area contributed by atoms with Gasteiger partial charge in [0, 0.05) is 17.5 Å². The number of nitrogens with one attached hydrogen (secondary N) is 1. The number of hydrogen-bond acceptors (Lipinski definition) is 5. The summed E-state index contributed by atoms with van der Waals surface area (Å²) in [6.45, 7) is 0.424. The van der Waals surface area contributed by atoms with Crippen LogP contribution in [0.5, 0.6) is 5.75 Å². The first kappa shape index (κ1) is 14.3. The number of carboxylic acid groups (broad SMARTS) is 1. The van der Waals surface area contributed by atoms with Crippen molar-refractivity contribution in [2.45, 2.75) is 13.0 Å². The van der Waals surface area contributed by atoms with E-state index in [2.05, 4.69) is 10.3 Å². The van der Waals surface area contributed by atoms with Crippen molar-refractivity contribution in [3.63, 3.8) is 0 Å². The van der Waals surface area contributed by atoms with Crippen LogP contribution >= 0.6 is 11.3 Å². The van der Waals surface area contributed by atoms with Gasteiger partial charge in [-0.05, 0) is 16.8 Å². The number of rotatable bonds is 5. The van der Waals surface area contributed by atoms with Gasteiger partial charge >= 0.3 is 5.97 Å². The largest absolute Gasteiger partial charge is 0.508 e. The molecule has 3 N–H and O–H groups in total. The molecular weight excluding hydrogens is 300 g/mol. The zero-order chi connectivity index (χ0) is 15.5. The number of carbonyl (C=O) groups is 1. The molecule has 22 heavy (non-hydrogen) atoms. The average Bonchev–Trinajstić information content (AvgIpc) is 2.93. The van der Waals surface area contributed by atoms with Crippen LogP contribution in [0.15, 0.2) is 41.8 Å². The molecule has 3 aromatic rings. The number of fused-ring (bicyclic) bond motifs is 1. The van der Waals surface area contributed by atoms with Crippen LogP contribution in [-0.2, 0) is 17.8 Å². The molecule has 0 aliphatic heterocycles. The molecule has 0 saturated carbocycles. The number of anilines is 1. The summed E-state index contributed by atoms with van der Waals surface area (Å²) < 4.78 is 0. The molecule has 1 heterocycles. The minimum atomic E-state index is -0.899. The van der Waals surface area contributed by atoms with Crippen molar-refractivity contribution >= 4 is 33.2 Å². The van der Waals surface area contributed by atoms with Crippen LogP contribution in [0.2, 0.25) is 0 Å². The number of nitrogens with zero attached hydrogens (tertiary/aromatic N) is 1. The molecule has 0 saturated heterocycles. The molecule has 0 atom stereocenters. The fourth-order valence-electron chi connectivity index (χ4n) is 2.30. The zero-order valence-electron chi connectivity index (χ0n) is 11.6. The van der Waals surface area contributed by atoms with Gasteiger partial charge in [0.15, 0.2) is 5.13 Å². The Morgan fingerprint density at radius 1 is 1.23 bits per heavy atom. The molecule has 0 unspecified atom stereocenters. The second-order valence-electron chi connectivity index (χ2n) is 4.85. The van der Waals surface area contributed by atoms with Crippen molar-refractivity contribution in [2.75, 3.05) is 5.32 Å². The molecule has 0 aliphatic rings. The quantitative estimate of drug-likeness (QED) is 0.673. The van der Waals surface area contributed by atoms with Gasteiger partial charge in [0.05, 0.1) is 12.1 Å². The lowest BCUT2D eigenvalue weighted by Crippen LogP contribution is -2.02. The molecule has 0 aliphatic carbocycles. The average molecular weight is 314 g/mol. The number of benzene rings is 2. The van der Waals surface area contributed by atoms with E-state index >= 15 is 0 Å². The second-order valence-corrected chi connectivity index (χ2v) is 5.71. The van der Waals surface area contributed by atoms with Crippen molar-refractivity contribution in [2.24, 2.45) is 0 Å². The van der Waals surface area contributed by atoms with Crippen molar-refractivity contribution in [3.8, 4) is 5.75 Å². The monoisotopic (exact) mass is 314 g/mol. The summed E-state index contributed by atoms with van der Waals surface area (Å²) in [5.74, 6) is -0.669. The Bertz CT molecular complexity index is 829. The van der Waals surface area contributed by atoms with E-state index in [9.17, 15) is 9.90 Å². The first-order valence-electron chi connectivity index (χ1n) is 6.73. The summed E-state index contributed by atoms with van der Waals surface area (Å²) >= 11 is 1.35. The number of aromatic nitrogens is 1. The number of aromatic hydroxyl groups is 1. The van der Waals surface area contributed by atoms with Gasteiger partial charge < -0.3 is 15.5 Å². The number of aliphatic carboxylic acids is 1. The van der Waals surface area contributed by atoms with Gasteiger partial charge in [0.25, 0.3) is 0 Å².